The molecule has 0 aliphatic heterocycles. The molecule has 0 saturated heterocycles. The third-order valence-electron chi connectivity index (χ3n) is 3.89. The summed E-state index contributed by atoms with van der Waals surface area (Å²) in [6.45, 7) is 6.48. The molecule has 0 atom stereocenters. The van der Waals surface area contributed by atoms with Crippen molar-refractivity contribution in [1.82, 2.24) is 9.97 Å². The van der Waals surface area contributed by atoms with E-state index in [9.17, 15) is 0 Å². The van der Waals surface area contributed by atoms with Crippen LogP contribution in [0.2, 0.25) is 5.15 Å². The SMILES string of the molecule is Cc1c(Cl)nc(C2CC2)nc1-c1cccc(CC(C)C)c1. The van der Waals surface area contributed by atoms with E-state index >= 15 is 0 Å². The third kappa shape index (κ3) is 3.26. The molecule has 21 heavy (non-hydrogen) atoms. The van der Waals surface area contributed by atoms with E-state index in [2.05, 4.69) is 43.1 Å². The topological polar surface area (TPSA) is 25.8 Å². The Morgan fingerprint density at radius 3 is 2.67 bits per heavy atom. The van der Waals surface area contributed by atoms with Gasteiger partial charge < -0.3 is 0 Å². The first kappa shape index (κ1) is 14.5. The van der Waals surface area contributed by atoms with Gasteiger partial charge >= 0.3 is 0 Å². The van der Waals surface area contributed by atoms with Gasteiger partial charge in [0.1, 0.15) is 11.0 Å². The molecule has 3 rings (SSSR count). The zero-order valence-electron chi connectivity index (χ0n) is 12.9. The molecule has 0 spiro atoms. The van der Waals surface area contributed by atoms with Crippen LogP contribution in [0.3, 0.4) is 0 Å². The summed E-state index contributed by atoms with van der Waals surface area (Å²) in [5.74, 6) is 2.08. The Labute approximate surface area is 131 Å². The molecule has 1 aromatic heterocycles. The lowest BCUT2D eigenvalue weighted by Crippen LogP contribution is -2.00. The van der Waals surface area contributed by atoms with Gasteiger partial charge in [-0.05, 0) is 43.7 Å². The van der Waals surface area contributed by atoms with Gasteiger partial charge in [-0.1, -0.05) is 43.6 Å². The van der Waals surface area contributed by atoms with E-state index in [1.165, 1.54) is 18.4 Å². The molecule has 1 saturated carbocycles. The van der Waals surface area contributed by atoms with Gasteiger partial charge in [0.2, 0.25) is 0 Å². The molecule has 110 valence electrons. The predicted octanol–water partition coefficient (Wildman–Crippen LogP) is 5.18. The second-order valence-corrected chi connectivity index (χ2v) is 6.78. The number of halogens is 1. The molecule has 0 radical (unpaired) electrons. The summed E-state index contributed by atoms with van der Waals surface area (Å²) in [4.78, 5) is 9.24. The van der Waals surface area contributed by atoms with E-state index in [0.717, 1.165) is 29.1 Å². The second kappa shape index (κ2) is 5.76. The molecule has 2 nitrogen and oxygen atoms in total. The van der Waals surface area contributed by atoms with E-state index in [1.54, 1.807) is 0 Å². The molecular weight excluding hydrogens is 280 g/mol. The van der Waals surface area contributed by atoms with Crippen molar-refractivity contribution in [2.45, 2.75) is 46.0 Å². The fourth-order valence-corrected chi connectivity index (χ4v) is 2.80. The summed E-state index contributed by atoms with van der Waals surface area (Å²) in [5, 5.41) is 0.594. The van der Waals surface area contributed by atoms with Crippen molar-refractivity contribution in [3.05, 3.63) is 46.4 Å². The summed E-state index contributed by atoms with van der Waals surface area (Å²) in [6, 6.07) is 8.65. The lowest BCUT2D eigenvalue weighted by atomic mass is 9.99. The first-order valence-corrected chi connectivity index (χ1v) is 8.05. The van der Waals surface area contributed by atoms with Crippen LogP contribution in [0.15, 0.2) is 24.3 Å². The number of nitrogens with zero attached hydrogens (tertiary/aromatic N) is 2. The minimum atomic E-state index is 0.515. The van der Waals surface area contributed by atoms with Crippen molar-refractivity contribution in [1.29, 1.82) is 0 Å². The normalized spacial score (nSPS) is 14.7. The van der Waals surface area contributed by atoms with Crippen molar-refractivity contribution in [3.63, 3.8) is 0 Å². The van der Waals surface area contributed by atoms with Crippen LogP contribution in [0.5, 0.6) is 0 Å². The molecule has 0 amide bonds. The molecule has 2 aromatic rings. The first-order valence-electron chi connectivity index (χ1n) is 7.68. The Kier molecular flexibility index (Phi) is 3.99. The lowest BCUT2D eigenvalue weighted by molar-refractivity contribution is 0.647. The zero-order chi connectivity index (χ0) is 15.0. The minimum absolute atomic E-state index is 0.515. The van der Waals surface area contributed by atoms with E-state index in [1.807, 2.05) is 6.92 Å². The molecule has 3 heteroatoms. The molecular formula is C18H21ClN2. The third-order valence-corrected chi connectivity index (χ3v) is 4.26. The highest BCUT2D eigenvalue weighted by Crippen LogP contribution is 2.40. The monoisotopic (exact) mass is 300 g/mol. The fraction of sp³-hybridized carbons (Fsp3) is 0.444. The average molecular weight is 301 g/mol. The van der Waals surface area contributed by atoms with E-state index in [4.69, 9.17) is 16.6 Å². The average Bonchev–Trinajstić information content (AvgIpc) is 3.25. The quantitative estimate of drug-likeness (QED) is 0.727. The summed E-state index contributed by atoms with van der Waals surface area (Å²) in [5.41, 5.74) is 4.46. The smallest absolute Gasteiger partial charge is 0.136 e. The predicted molar refractivity (Wildman–Crippen MR) is 87.7 cm³/mol. The van der Waals surface area contributed by atoms with Crippen LogP contribution in [-0.4, -0.2) is 9.97 Å². The fourth-order valence-electron chi connectivity index (χ4n) is 2.63. The van der Waals surface area contributed by atoms with Gasteiger partial charge in [0.05, 0.1) is 5.69 Å². The number of rotatable bonds is 4. The van der Waals surface area contributed by atoms with Gasteiger partial charge in [0.25, 0.3) is 0 Å². The number of hydrogen-bond acceptors (Lipinski definition) is 2. The van der Waals surface area contributed by atoms with Gasteiger partial charge in [-0.15, -0.1) is 0 Å². The van der Waals surface area contributed by atoms with Crippen molar-refractivity contribution in [2.24, 2.45) is 5.92 Å². The van der Waals surface area contributed by atoms with Gasteiger partial charge in [0.15, 0.2) is 0 Å². The molecule has 0 unspecified atom stereocenters. The maximum Gasteiger partial charge on any atom is 0.136 e. The van der Waals surface area contributed by atoms with Gasteiger partial charge in [-0.25, -0.2) is 9.97 Å². The largest absolute Gasteiger partial charge is 0.232 e. The molecule has 1 heterocycles. The van der Waals surface area contributed by atoms with Gasteiger partial charge in [-0.3, -0.25) is 0 Å². The molecule has 1 fully saturated rings. The Morgan fingerprint density at radius 1 is 1.24 bits per heavy atom. The Hall–Kier alpha value is -1.41. The molecule has 1 aliphatic rings. The molecule has 0 bridgehead atoms. The lowest BCUT2D eigenvalue weighted by Gasteiger charge is -2.11. The van der Waals surface area contributed by atoms with Crippen LogP contribution in [0.4, 0.5) is 0 Å². The zero-order valence-corrected chi connectivity index (χ0v) is 13.6. The molecule has 1 aliphatic carbocycles. The first-order chi connectivity index (χ1) is 10.0. The Bertz CT molecular complexity index is 660. The van der Waals surface area contributed by atoms with Crippen molar-refractivity contribution in [3.8, 4) is 11.3 Å². The van der Waals surface area contributed by atoms with E-state index in [-0.39, 0.29) is 0 Å². The minimum Gasteiger partial charge on any atom is -0.232 e. The summed E-state index contributed by atoms with van der Waals surface area (Å²) in [6.07, 6.45) is 3.46. The number of aromatic nitrogens is 2. The van der Waals surface area contributed by atoms with Crippen LogP contribution in [0.1, 0.15) is 49.6 Å². The Balaban J connectivity index is 2.03. The highest BCUT2D eigenvalue weighted by molar-refractivity contribution is 6.30. The van der Waals surface area contributed by atoms with E-state index < -0.39 is 0 Å². The number of hydrogen-bond donors (Lipinski definition) is 0. The second-order valence-electron chi connectivity index (χ2n) is 6.42. The maximum atomic E-state index is 6.31. The number of benzene rings is 1. The Morgan fingerprint density at radius 2 is 2.00 bits per heavy atom. The van der Waals surface area contributed by atoms with Crippen molar-refractivity contribution >= 4 is 11.6 Å². The summed E-state index contributed by atoms with van der Waals surface area (Å²) < 4.78 is 0. The van der Waals surface area contributed by atoms with Gasteiger partial charge in [0, 0.05) is 17.0 Å². The summed E-state index contributed by atoms with van der Waals surface area (Å²) >= 11 is 6.31. The highest BCUT2D eigenvalue weighted by atomic mass is 35.5. The van der Waals surface area contributed by atoms with E-state index in [0.29, 0.717) is 17.0 Å². The van der Waals surface area contributed by atoms with Crippen molar-refractivity contribution in [2.75, 3.05) is 0 Å². The highest BCUT2D eigenvalue weighted by Gasteiger charge is 2.28. The van der Waals surface area contributed by atoms with Crippen LogP contribution in [0.25, 0.3) is 11.3 Å². The van der Waals surface area contributed by atoms with Crippen molar-refractivity contribution < 1.29 is 0 Å². The van der Waals surface area contributed by atoms with Gasteiger partial charge in [-0.2, -0.15) is 0 Å². The molecule has 0 N–H and O–H groups in total. The summed E-state index contributed by atoms with van der Waals surface area (Å²) in [7, 11) is 0. The standard InChI is InChI=1S/C18H21ClN2/c1-11(2)9-13-5-4-6-15(10-13)16-12(3)17(19)21-18(20-16)14-7-8-14/h4-6,10-11,14H,7-9H2,1-3H3. The van der Waals surface area contributed by atoms with Crippen LogP contribution in [-0.2, 0) is 6.42 Å². The molecule has 1 aromatic carbocycles. The van der Waals surface area contributed by atoms with Crippen LogP contribution < -0.4 is 0 Å². The maximum absolute atomic E-state index is 6.31. The van der Waals surface area contributed by atoms with Crippen LogP contribution >= 0.6 is 11.6 Å². The van der Waals surface area contributed by atoms with Crippen LogP contribution in [0, 0.1) is 12.8 Å².